The van der Waals surface area contributed by atoms with E-state index < -0.39 is 5.97 Å². The van der Waals surface area contributed by atoms with Gasteiger partial charge in [0.15, 0.2) is 11.5 Å². The van der Waals surface area contributed by atoms with Crippen molar-refractivity contribution in [3.05, 3.63) is 23.8 Å². The summed E-state index contributed by atoms with van der Waals surface area (Å²) in [6.07, 6.45) is 1.85. The SMILES string of the molecule is CC(=O)Oc1ccc([C@@H](N)C2CCOCC2)cc1O.Cl. The zero-order valence-electron chi connectivity index (χ0n) is 11.4. The number of phenols is 1. The molecule has 1 aromatic carbocycles. The number of rotatable bonds is 3. The molecule has 0 radical (unpaired) electrons. The molecule has 1 saturated heterocycles. The fourth-order valence-corrected chi connectivity index (χ4v) is 2.33. The predicted molar refractivity (Wildman–Crippen MR) is 77.1 cm³/mol. The number of ether oxygens (including phenoxy) is 2. The van der Waals surface area contributed by atoms with E-state index in [1.54, 1.807) is 18.2 Å². The summed E-state index contributed by atoms with van der Waals surface area (Å²) in [6, 6.07) is 4.79. The highest BCUT2D eigenvalue weighted by Gasteiger charge is 2.23. The Hall–Kier alpha value is -1.30. The number of hydrogen-bond acceptors (Lipinski definition) is 5. The van der Waals surface area contributed by atoms with Crippen molar-refractivity contribution in [2.24, 2.45) is 11.7 Å². The second-order valence-corrected chi connectivity index (χ2v) is 4.80. The van der Waals surface area contributed by atoms with Crippen LogP contribution in [0.3, 0.4) is 0 Å². The topological polar surface area (TPSA) is 81.8 Å². The van der Waals surface area contributed by atoms with Crippen molar-refractivity contribution in [2.45, 2.75) is 25.8 Å². The summed E-state index contributed by atoms with van der Waals surface area (Å²) >= 11 is 0. The van der Waals surface area contributed by atoms with Crippen LogP contribution in [0.2, 0.25) is 0 Å². The highest BCUT2D eigenvalue weighted by atomic mass is 35.5. The number of aromatic hydroxyl groups is 1. The average Bonchev–Trinajstić information content (AvgIpc) is 2.41. The van der Waals surface area contributed by atoms with Crippen LogP contribution < -0.4 is 10.5 Å². The number of carbonyl (C=O) groups is 1. The van der Waals surface area contributed by atoms with Gasteiger partial charge in [-0.15, -0.1) is 12.4 Å². The minimum absolute atomic E-state index is 0. The number of benzene rings is 1. The molecular formula is C14H20ClNO4. The first-order chi connectivity index (χ1) is 9.08. The van der Waals surface area contributed by atoms with Crippen LogP contribution >= 0.6 is 12.4 Å². The Morgan fingerprint density at radius 3 is 2.65 bits per heavy atom. The lowest BCUT2D eigenvalue weighted by atomic mass is 9.88. The Balaban J connectivity index is 0.00000200. The van der Waals surface area contributed by atoms with Gasteiger partial charge in [-0.2, -0.15) is 0 Å². The summed E-state index contributed by atoms with van der Waals surface area (Å²) in [5.41, 5.74) is 7.06. The Bertz CT molecular complexity index is 460. The van der Waals surface area contributed by atoms with Gasteiger partial charge in [-0.25, -0.2) is 0 Å². The molecule has 0 saturated carbocycles. The first kappa shape index (κ1) is 16.8. The number of nitrogens with two attached hydrogens (primary N) is 1. The molecule has 3 N–H and O–H groups in total. The van der Waals surface area contributed by atoms with Crippen LogP contribution in [-0.4, -0.2) is 24.3 Å². The smallest absolute Gasteiger partial charge is 0.308 e. The van der Waals surface area contributed by atoms with Gasteiger partial charge in [0.25, 0.3) is 0 Å². The van der Waals surface area contributed by atoms with E-state index in [1.165, 1.54) is 6.92 Å². The molecule has 5 nitrogen and oxygen atoms in total. The third-order valence-electron chi connectivity index (χ3n) is 3.40. The van der Waals surface area contributed by atoms with Gasteiger partial charge in [-0.1, -0.05) is 6.07 Å². The standard InChI is InChI=1S/C14H19NO4.ClH/c1-9(16)19-13-3-2-11(8-12(13)17)14(15)10-4-6-18-7-5-10;/h2-3,8,10,14,17H,4-7,15H2,1H3;1H/t14-;/m0./s1. The van der Waals surface area contributed by atoms with Crippen molar-refractivity contribution in [3.8, 4) is 11.5 Å². The number of hydrogen-bond donors (Lipinski definition) is 2. The second kappa shape index (κ2) is 7.47. The Morgan fingerprint density at radius 2 is 2.10 bits per heavy atom. The molecule has 1 fully saturated rings. The first-order valence-corrected chi connectivity index (χ1v) is 6.42. The van der Waals surface area contributed by atoms with Crippen molar-refractivity contribution in [1.29, 1.82) is 0 Å². The maximum atomic E-state index is 10.9. The lowest BCUT2D eigenvalue weighted by Gasteiger charge is -2.28. The van der Waals surface area contributed by atoms with E-state index in [9.17, 15) is 9.90 Å². The Morgan fingerprint density at radius 1 is 1.45 bits per heavy atom. The summed E-state index contributed by atoms with van der Waals surface area (Å²) in [6.45, 7) is 2.76. The molecule has 1 atom stereocenters. The maximum absolute atomic E-state index is 10.9. The quantitative estimate of drug-likeness (QED) is 0.660. The minimum atomic E-state index is -0.461. The van der Waals surface area contributed by atoms with Crippen LogP contribution in [0.1, 0.15) is 31.4 Å². The van der Waals surface area contributed by atoms with Crippen LogP contribution in [0.4, 0.5) is 0 Å². The molecule has 0 bridgehead atoms. The van der Waals surface area contributed by atoms with Gasteiger partial charge in [0.2, 0.25) is 0 Å². The summed E-state index contributed by atoms with van der Waals surface area (Å²) in [4.78, 5) is 10.9. The lowest BCUT2D eigenvalue weighted by Crippen LogP contribution is -2.27. The van der Waals surface area contributed by atoms with Gasteiger partial charge in [0.05, 0.1) is 0 Å². The van der Waals surface area contributed by atoms with Crippen LogP contribution in [-0.2, 0) is 9.53 Å². The molecule has 1 aromatic rings. The molecule has 1 heterocycles. The van der Waals surface area contributed by atoms with Crippen LogP contribution in [0, 0.1) is 5.92 Å². The molecule has 0 aliphatic carbocycles. The highest BCUT2D eigenvalue weighted by Crippen LogP contribution is 2.33. The molecular weight excluding hydrogens is 282 g/mol. The van der Waals surface area contributed by atoms with Gasteiger partial charge in [0.1, 0.15) is 0 Å². The molecule has 112 valence electrons. The third-order valence-corrected chi connectivity index (χ3v) is 3.40. The number of phenolic OH excluding ortho intramolecular Hbond substituents is 1. The molecule has 6 heteroatoms. The van der Waals surface area contributed by atoms with Crippen LogP contribution in [0.5, 0.6) is 11.5 Å². The lowest BCUT2D eigenvalue weighted by molar-refractivity contribution is -0.132. The molecule has 0 amide bonds. The highest BCUT2D eigenvalue weighted by molar-refractivity contribution is 5.85. The fourth-order valence-electron chi connectivity index (χ4n) is 2.33. The number of carbonyl (C=O) groups excluding carboxylic acids is 1. The summed E-state index contributed by atoms with van der Waals surface area (Å²) < 4.78 is 10.2. The molecule has 0 spiro atoms. The van der Waals surface area contributed by atoms with Crippen molar-refractivity contribution >= 4 is 18.4 Å². The summed E-state index contributed by atoms with van der Waals surface area (Å²) in [7, 11) is 0. The van der Waals surface area contributed by atoms with Crippen LogP contribution in [0.15, 0.2) is 18.2 Å². The maximum Gasteiger partial charge on any atom is 0.308 e. The number of esters is 1. The summed E-state index contributed by atoms with van der Waals surface area (Å²) in [5.74, 6) is -0.00450. The zero-order chi connectivity index (χ0) is 13.8. The zero-order valence-corrected chi connectivity index (χ0v) is 12.2. The van der Waals surface area contributed by atoms with E-state index in [1.807, 2.05) is 0 Å². The van der Waals surface area contributed by atoms with Gasteiger partial charge in [0, 0.05) is 26.2 Å². The van der Waals surface area contributed by atoms with E-state index in [0.29, 0.717) is 5.92 Å². The van der Waals surface area contributed by atoms with E-state index >= 15 is 0 Å². The van der Waals surface area contributed by atoms with Crippen molar-refractivity contribution < 1.29 is 19.4 Å². The number of halogens is 1. The Labute approximate surface area is 124 Å². The van der Waals surface area contributed by atoms with Crippen molar-refractivity contribution in [1.82, 2.24) is 0 Å². The fraction of sp³-hybridized carbons (Fsp3) is 0.500. The van der Waals surface area contributed by atoms with Gasteiger partial charge in [-0.3, -0.25) is 4.79 Å². The minimum Gasteiger partial charge on any atom is -0.504 e. The second-order valence-electron chi connectivity index (χ2n) is 4.80. The van der Waals surface area contributed by atoms with Crippen molar-refractivity contribution in [3.63, 3.8) is 0 Å². The monoisotopic (exact) mass is 301 g/mol. The van der Waals surface area contributed by atoms with Crippen molar-refractivity contribution in [2.75, 3.05) is 13.2 Å². The van der Waals surface area contributed by atoms with E-state index in [4.69, 9.17) is 15.2 Å². The van der Waals surface area contributed by atoms with E-state index in [0.717, 1.165) is 31.6 Å². The van der Waals surface area contributed by atoms with Gasteiger partial charge < -0.3 is 20.3 Å². The first-order valence-electron chi connectivity index (χ1n) is 6.42. The predicted octanol–water partition coefficient (Wildman–Crippen LogP) is 2.17. The third kappa shape index (κ3) is 4.10. The largest absolute Gasteiger partial charge is 0.504 e. The molecule has 1 aliphatic rings. The van der Waals surface area contributed by atoms with Gasteiger partial charge in [-0.05, 0) is 36.5 Å². The molecule has 0 unspecified atom stereocenters. The summed E-state index contributed by atoms with van der Waals surface area (Å²) in [5, 5.41) is 9.83. The van der Waals surface area contributed by atoms with E-state index in [2.05, 4.69) is 0 Å². The average molecular weight is 302 g/mol. The normalized spacial score (nSPS) is 17.1. The molecule has 0 aromatic heterocycles. The van der Waals surface area contributed by atoms with Crippen LogP contribution in [0.25, 0.3) is 0 Å². The molecule has 2 rings (SSSR count). The molecule has 20 heavy (non-hydrogen) atoms. The Kier molecular flexibility index (Phi) is 6.26. The van der Waals surface area contributed by atoms with Gasteiger partial charge >= 0.3 is 5.97 Å². The van der Waals surface area contributed by atoms with E-state index in [-0.39, 0.29) is 29.9 Å². The molecule has 1 aliphatic heterocycles.